The molecule has 1 aliphatic carbocycles. The van der Waals surface area contributed by atoms with Crippen molar-refractivity contribution in [2.75, 3.05) is 5.75 Å². The Morgan fingerprint density at radius 1 is 1.62 bits per heavy atom. The summed E-state index contributed by atoms with van der Waals surface area (Å²) in [5, 5.41) is 12.5. The standard InChI is InChI=1S/C12H19NO2S/c1-7-3-8(2)5-9(4-7)11-13-10(6-16-11)12(14)15/h3,7,9-11,13H,4-6H2,1-2H3,(H,14,15)/t7?,9?,10-,11?/m0/s1. The van der Waals surface area contributed by atoms with Crippen LogP contribution >= 0.6 is 11.8 Å². The van der Waals surface area contributed by atoms with Gasteiger partial charge in [0, 0.05) is 5.75 Å². The van der Waals surface area contributed by atoms with E-state index in [0.717, 1.165) is 6.42 Å². The quantitative estimate of drug-likeness (QED) is 0.727. The smallest absolute Gasteiger partial charge is 0.321 e. The summed E-state index contributed by atoms with van der Waals surface area (Å²) in [6.45, 7) is 4.42. The van der Waals surface area contributed by atoms with Crippen LogP contribution in [0.4, 0.5) is 0 Å². The van der Waals surface area contributed by atoms with Gasteiger partial charge in [0.05, 0.1) is 5.37 Å². The van der Waals surface area contributed by atoms with Crippen molar-refractivity contribution in [3.8, 4) is 0 Å². The zero-order valence-corrected chi connectivity index (χ0v) is 10.6. The fourth-order valence-corrected chi connectivity index (χ4v) is 4.11. The van der Waals surface area contributed by atoms with Crippen LogP contribution in [0, 0.1) is 11.8 Å². The van der Waals surface area contributed by atoms with Crippen LogP contribution < -0.4 is 5.32 Å². The number of carboxylic acid groups (broad SMARTS) is 1. The van der Waals surface area contributed by atoms with Gasteiger partial charge in [-0.1, -0.05) is 18.6 Å². The van der Waals surface area contributed by atoms with E-state index in [1.165, 1.54) is 12.0 Å². The van der Waals surface area contributed by atoms with Crippen LogP contribution in [0.1, 0.15) is 26.7 Å². The Labute approximate surface area is 101 Å². The highest BCUT2D eigenvalue weighted by molar-refractivity contribution is 8.00. The Kier molecular flexibility index (Phi) is 3.60. The van der Waals surface area contributed by atoms with E-state index in [0.29, 0.717) is 23.0 Å². The van der Waals surface area contributed by atoms with Crippen molar-refractivity contribution in [3.63, 3.8) is 0 Å². The van der Waals surface area contributed by atoms with E-state index in [4.69, 9.17) is 5.11 Å². The van der Waals surface area contributed by atoms with Crippen LogP contribution in [0.25, 0.3) is 0 Å². The second-order valence-electron chi connectivity index (χ2n) is 5.00. The molecule has 1 saturated heterocycles. The predicted octanol–water partition coefficient (Wildman–Crippen LogP) is 2.09. The molecular formula is C12H19NO2S. The Balaban J connectivity index is 1.95. The van der Waals surface area contributed by atoms with Gasteiger partial charge in [0.25, 0.3) is 0 Å². The molecule has 16 heavy (non-hydrogen) atoms. The van der Waals surface area contributed by atoms with Crippen LogP contribution in [-0.2, 0) is 4.79 Å². The van der Waals surface area contributed by atoms with Gasteiger partial charge in [-0.3, -0.25) is 10.1 Å². The largest absolute Gasteiger partial charge is 0.480 e. The molecule has 0 bridgehead atoms. The van der Waals surface area contributed by atoms with Gasteiger partial charge in [0.15, 0.2) is 0 Å². The van der Waals surface area contributed by atoms with E-state index >= 15 is 0 Å². The summed E-state index contributed by atoms with van der Waals surface area (Å²) in [6.07, 6.45) is 4.63. The number of thioether (sulfide) groups is 1. The highest BCUT2D eigenvalue weighted by atomic mass is 32.2. The van der Waals surface area contributed by atoms with Gasteiger partial charge in [0.1, 0.15) is 6.04 Å². The molecule has 1 fully saturated rings. The first-order chi connectivity index (χ1) is 7.56. The number of carbonyl (C=O) groups is 1. The van der Waals surface area contributed by atoms with Crippen LogP contribution in [-0.4, -0.2) is 28.2 Å². The van der Waals surface area contributed by atoms with Crippen LogP contribution in [0.2, 0.25) is 0 Å². The second-order valence-corrected chi connectivity index (χ2v) is 6.18. The average Bonchev–Trinajstić information content (AvgIpc) is 2.64. The van der Waals surface area contributed by atoms with Crippen LogP contribution in [0.5, 0.6) is 0 Å². The lowest BCUT2D eigenvalue weighted by Crippen LogP contribution is -2.40. The van der Waals surface area contributed by atoms with Gasteiger partial charge >= 0.3 is 5.97 Å². The van der Waals surface area contributed by atoms with Gasteiger partial charge < -0.3 is 5.11 Å². The summed E-state index contributed by atoms with van der Waals surface area (Å²) < 4.78 is 0. The number of hydrogen-bond donors (Lipinski definition) is 2. The van der Waals surface area contributed by atoms with Crippen molar-refractivity contribution in [3.05, 3.63) is 11.6 Å². The van der Waals surface area contributed by atoms with Crippen LogP contribution in [0.15, 0.2) is 11.6 Å². The molecule has 0 spiro atoms. The predicted molar refractivity (Wildman–Crippen MR) is 66.5 cm³/mol. The van der Waals surface area contributed by atoms with Crippen molar-refractivity contribution in [1.29, 1.82) is 0 Å². The maximum atomic E-state index is 10.9. The highest BCUT2D eigenvalue weighted by Crippen LogP contribution is 2.36. The summed E-state index contributed by atoms with van der Waals surface area (Å²) in [5.41, 5.74) is 1.45. The Morgan fingerprint density at radius 3 is 2.94 bits per heavy atom. The SMILES string of the molecule is CC1=CC(C)CC(C2N[C@H](C(=O)O)CS2)C1. The normalized spacial score (nSPS) is 39.5. The van der Waals surface area contributed by atoms with Gasteiger partial charge in [-0.2, -0.15) is 0 Å². The van der Waals surface area contributed by atoms with E-state index in [1.54, 1.807) is 11.8 Å². The summed E-state index contributed by atoms with van der Waals surface area (Å²) in [4.78, 5) is 10.9. The molecule has 0 amide bonds. The molecule has 3 unspecified atom stereocenters. The summed E-state index contributed by atoms with van der Waals surface area (Å²) in [5.74, 6) is 1.21. The Hall–Kier alpha value is -0.480. The zero-order valence-electron chi connectivity index (χ0n) is 9.77. The number of carboxylic acids is 1. The third kappa shape index (κ3) is 2.61. The lowest BCUT2D eigenvalue weighted by atomic mass is 9.83. The molecule has 2 rings (SSSR count). The minimum absolute atomic E-state index is 0.326. The number of hydrogen-bond acceptors (Lipinski definition) is 3. The molecule has 4 heteroatoms. The topological polar surface area (TPSA) is 49.3 Å². The monoisotopic (exact) mass is 241 g/mol. The molecule has 90 valence electrons. The van der Waals surface area contributed by atoms with E-state index in [9.17, 15) is 4.79 Å². The molecule has 2 aliphatic rings. The molecule has 2 N–H and O–H groups in total. The number of allylic oxidation sites excluding steroid dienone is 2. The van der Waals surface area contributed by atoms with Gasteiger partial charge in [0.2, 0.25) is 0 Å². The molecule has 0 aromatic heterocycles. The van der Waals surface area contributed by atoms with Crippen molar-refractivity contribution in [2.45, 2.75) is 38.1 Å². The first kappa shape index (κ1) is 12.0. The molecule has 4 atom stereocenters. The minimum Gasteiger partial charge on any atom is -0.480 e. The molecule has 0 aromatic carbocycles. The molecular weight excluding hydrogens is 222 g/mol. The van der Waals surface area contributed by atoms with Crippen molar-refractivity contribution in [1.82, 2.24) is 5.32 Å². The molecule has 0 radical (unpaired) electrons. The summed E-state index contributed by atoms with van der Waals surface area (Å²) in [7, 11) is 0. The first-order valence-corrected chi connectivity index (χ1v) is 6.89. The molecule has 0 saturated carbocycles. The lowest BCUT2D eigenvalue weighted by molar-refractivity contribution is -0.138. The second kappa shape index (κ2) is 4.80. The van der Waals surface area contributed by atoms with Gasteiger partial charge in [-0.25, -0.2) is 0 Å². The number of aliphatic carboxylic acids is 1. The number of rotatable bonds is 2. The first-order valence-electron chi connectivity index (χ1n) is 5.84. The third-order valence-electron chi connectivity index (χ3n) is 3.36. The molecule has 0 aromatic rings. The van der Waals surface area contributed by atoms with E-state index in [-0.39, 0.29) is 6.04 Å². The minimum atomic E-state index is -0.717. The third-order valence-corrected chi connectivity index (χ3v) is 4.77. The fourth-order valence-electron chi connectivity index (χ4n) is 2.74. The average molecular weight is 241 g/mol. The van der Waals surface area contributed by atoms with Crippen molar-refractivity contribution in [2.24, 2.45) is 11.8 Å². The van der Waals surface area contributed by atoms with Gasteiger partial charge in [-0.15, -0.1) is 11.8 Å². The maximum absolute atomic E-state index is 10.9. The van der Waals surface area contributed by atoms with Crippen molar-refractivity contribution >= 4 is 17.7 Å². The lowest BCUT2D eigenvalue weighted by Gasteiger charge is -2.29. The van der Waals surface area contributed by atoms with Crippen molar-refractivity contribution < 1.29 is 9.90 Å². The van der Waals surface area contributed by atoms with Gasteiger partial charge in [-0.05, 0) is 31.6 Å². The zero-order chi connectivity index (χ0) is 11.7. The van der Waals surface area contributed by atoms with E-state index < -0.39 is 5.97 Å². The van der Waals surface area contributed by atoms with E-state index in [2.05, 4.69) is 25.2 Å². The molecule has 1 heterocycles. The highest BCUT2D eigenvalue weighted by Gasteiger charge is 2.35. The van der Waals surface area contributed by atoms with Crippen LogP contribution in [0.3, 0.4) is 0 Å². The fraction of sp³-hybridized carbons (Fsp3) is 0.750. The summed E-state index contributed by atoms with van der Waals surface area (Å²) in [6, 6.07) is -0.350. The molecule has 3 nitrogen and oxygen atoms in total. The summed E-state index contributed by atoms with van der Waals surface area (Å²) >= 11 is 1.77. The Morgan fingerprint density at radius 2 is 2.38 bits per heavy atom. The maximum Gasteiger partial charge on any atom is 0.321 e. The van der Waals surface area contributed by atoms with E-state index in [1.807, 2.05) is 0 Å². The number of nitrogens with one attached hydrogen (secondary N) is 1. The Bertz CT molecular complexity index is 316. The molecule has 1 aliphatic heterocycles.